The van der Waals surface area contributed by atoms with E-state index < -0.39 is 0 Å². The number of rotatable bonds is 3. The van der Waals surface area contributed by atoms with E-state index in [0.29, 0.717) is 29.6 Å². The normalized spacial score (nSPS) is 10.9. The molecule has 0 aliphatic rings. The van der Waals surface area contributed by atoms with Gasteiger partial charge in [0.05, 0.1) is 12.1 Å². The van der Waals surface area contributed by atoms with E-state index in [9.17, 15) is 0 Å². The van der Waals surface area contributed by atoms with Crippen LogP contribution in [0.25, 0.3) is 22.6 Å². The van der Waals surface area contributed by atoms with Gasteiger partial charge in [-0.2, -0.15) is 4.98 Å². The summed E-state index contributed by atoms with van der Waals surface area (Å²) in [4.78, 5) is 12.0. The number of nitrogens with zero attached hydrogens (tertiary/aromatic N) is 2. The first kappa shape index (κ1) is 12.9. The molecular formula is C14H13BrN4O. The van der Waals surface area contributed by atoms with Crippen LogP contribution in [0.4, 0.5) is 5.69 Å². The first-order valence-electron chi connectivity index (χ1n) is 6.22. The smallest absolute Gasteiger partial charge is 0.215 e. The lowest BCUT2D eigenvalue weighted by molar-refractivity contribution is 0.328. The summed E-state index contributed by atoms with van der Waals surface area (Å²) in [5.41, 5.74) is 9.00. The van der Waals surface area contributed by atoms with E-state index in [1.54, 1.807) is 0 Å². The van der Waals surface area contributed by atoms with Gasteiger partial charge in [0.2, 0.25) is 5.88 Å². The topological polar surface area (TPSA) is 76.8 Å². The second-order valence-corrected chi connectivity index (χ2v) is 5.19. The van der Waals surface area contributed by atoms with Crippen LogP contribution in [-0.4, -0.2) is 21.6 Å². The molecule has 0 unspecified atom stereocenters. The molecular weight excluding hydrogens is 320 g/mol. The average Bonchev–Trinajstić information content (AvgIpc) is 2.81. The van der Waals surface area contributed by atoms with E-state index in [2.05, 4.69) is 30.9 Å². The third-order valence-corrected chi connectivity index (χ3v) is 3.37. The zero-order valence-electron chi connectivity index (χ0n) is 10.9. The highest BCUT2D eigenvalue weighted by Gasteiger charge is 2.10. The predicted octanol–water partition coefficient (Wildman–Crippen LogP) is 3.37. The van der Waals surface area contributed by atoms with Gasteiger partial charge in [-0.25, -0.2) is 4.98 Å². The minimum absolute atomic E-state index is 0.571. The number of H-pyrrole nitrogens is 1. The molecule has 0 aliphatic heterocycles. The number of hydrogen-bond donors (Lipinski definition) is 2. The summed E-state index contributed by atoms with van der Waals surface area (Å²) in [6.45, 7) is 2.50. The number of aromatic amines is 1. The molecule has 6 heteroatoms. The molecule has 0 saturated carbocycles. The van der Waals surface area contributed by atoms with Crippen LogP contribution < -0.4 is 10.5 Å². The Kier molecular flexibility index (Phi) is 3.31. The first-order chi connectivity index (χ1) is 9.67. The number of nitrogens with one attached hydrogen (secondary N) is 1. The molecule has 0 spiro atoms. The van der Waals surface area contributed by atoms with Gasteiger partial charge in [0.1, 0.15) is 5.82 Å². The van der Waals surface area contributed by atoms with Crippen LogP contribution in [0, 0.1) is 0 Å². The number of aromatic nitrogens is 3. The zero-order valence-corrected chi connectivity index (χ0v) is 12.4. The Bertz CT molecular complexity index is 769. The van der Waals surface area contributed by atoms with Gasteiger partial charge in [0.25, 0.3) is 0 Å². The Balaban J connectivity index is 2.08. The van der Waals surface area contributed by atoms with Crippen LogP contribution in [0.15, 0.2) is 34.8 Å². The third-order valence-electron chi connectivity index (χ3n) is 2.88. The van der Waals surface area contributed by atoms with E-state index in [-0.39, 0.29) is 0 Å². The molecule has 20 heavy (non-hydrogen) atoms. The van der Waals surface area contributed by atoms with Crippen LogP contribution in [0.3, 0.4) is 0 Å². The molecule has 3 rings (SSSR count). The number of fused-ring (bicyclic) bond motifs is 1. The van der Waals surface area contributed by atoms with Crippen molar-refractivity contribution in [2.45, 2.75) is 6.92 Å². The van der Waals surface area contributed by atoms with Crippen molar-refractivity contribution < 1.29 is 4.74 Å². The van der Waals surface area contributed by atoms with E-state index in [1.807, 2.05) is 37.3 Å². The molecule has 102 valence electrons. The number of imidazole rings is 1. The van der Waals surface area contributed by atoms with Gasteiger partial charge in [-0.1, -0.05) is 15.9 Å². The Hall–Kier alpha value is -2.08. The number of ether oxygens (including phenoxy) is 1. The highest BCUT2D eigenvalue weighted by atomic mass is 79.9. The maximum Gasteiger partial charge on any atom is 0.215 e. The van der Waals surface area contributed by atoms with Crippen molar-refractivity contribution in [3.8, 4) is 17.3 Å². The standard InChI is InChI=1S/C14H13BrN4O/c1-2-20-12-6-5-11-14(18-12)19-13(17-11)9-4-3-8(15)7-10(9)16/h3-7H,2,16H2,1H3,(H,17,18,19). The lowest BCUT2D eigenvalue weighted by Gasteiger charge is -2.02. The summed E-state index contributed by atoms with van der Waals surface area (Å²) in [5.74, 6) is 1.27. The van der Waals surface area contributed by atoms with Crippen LogP contribution in [0.5, 0.6) is 5.88 Å². The average molecular weight is 333 g/mol. The summed E-state index contributed by atoms with van der Waals surface area (Å²) in [6.07, 6.45) is 0. The summed E-state index contributed by atoms with van der Waals surface area (Å²) in [7, 11) is 0. The monoisotopic (exact) mass is 332 g/mol. The van der Waals surface area contributed by atoms with Gasteiger partial charge in [0.15, 0.2) is 5.65 Å². The number of pyridine rings is 1. The number of nitrogens with two attached hydrogens (primary N) is 1. The van der Waals surface area contributed by atoms with E-state index >= 15 is 0 Å². The van der Waals surface area contributed by atoms with E-state index in [1.165, 1.54) is 0 Å². The fraction of sp³-hybridized carbons (Fsp3) is 0.143. The SMILES string of the molecule is CCOc1ccc2[nH]c(-c3ccc(Br)cc3N)nc2n1. The lowest BCUT2D eigenvalue weighted by Crippen LogP contribution is -1.93. The van der Waals surface area contributed by atoms with Crippen LogP contribution in [0.1, 0.15) is 6.92 Å². The second-order valence-electron chi connectivity index (χ2n) is 4.27. The van der Waals surface area contributed by atoms with Crippen molar-refractivity contribution >= 4 is 32.8 Å². The molecule has 0 aliphatic carbocycles. The summed E-state index contributed by atoms with van der Waals surface area (Å²) < 4.78 is 6.31. The van der Waals surface area contributed by atoms with Crippen molar-refractivity contribution in [2.24, 2.45) is 0 Å². The minimum atomic E-state index is 0.571. The lowest BCUT2D eigenvalue weighted by atomic mass is 10.2. The molecule has 0 amide bonds. The van der Waals surface area contributed by atoms with Crippen LogP contribution >= 0.6 is 15.9 Å². The molecule has 1 aromatic carbocycles. The van der Waals surface area contributed by atoms with Gasteiger partial charge >= 0.3 is 0 Å². The van der Waals surface area contributed by atoms with Gasteiger partial charge in [-0.15, -0.1) is 0 Å². The number of anilines is 1. The minimum Gasteiger partial charge on any atom is -0.478 e. The summed E-state index contributed by atoms with van der Waals surface area (Å²) in [5, 5.41) is 0. The first-order valence-corrected chi connectivity index (χ1v) is 7.01. The summed E-state index contributed by atoms with van der Waals surface area (Å²) >= 11 is 3.39. The fourth-order valence-corrected chi connectivity index (χ4v) is 2.36. The third kappa shape index (κ3) is 2.34. The molecule has 0 fully saturated rings. The Morgan fingerprint density at radius 3 is 2.85 bits per heavy atom. The predicted molar refractivity (Wildman–Crippen MR) is 82.6 cm³/mol. The van der Waals surface area contributed by atoms with Crippen molar-refractivity contribution in [1.29, 1.82) is 0 Å². The number of hydrogen-bond acceptors (Lipinski definition) is 4. The molecule has 5 nitrogen and oxygen atoms in total. The zero-order chi connectivity index (χ0) is 14.1. The van der Waals surface area contributed by atoms with E-state index in [4.69, 9.17) is 10.5 Å². The highest BCUT2D eigenvalue weighted by Crippen LogP contribution is 2.28. The van der Waals surface area contributed by atoms with Crippen molar-refractivity contribution in [2.75, 3.05) is 12.3 Å². The summed E-state index contributed by atoms with van der Waals surface area (Å²) in [6, 6.07) is 9.41. The second kappa shape index (κ2) is 5.13. The largest absolute Gasteiger partial charge is 0.478 e. The Morgan fingerprint density at radius 2 is 2.10 bits per heavy atom. The van der Waals surface area contributed by atoms with Crippen molar-refractivity contribution in [1.82, 2.24) is 15.0 Å². The highest BCUT2D eigenvalue weighted by molar-refractivity contribution is 9.10. The number of benzene rings is 1. The van der Waals surface area contributed by atoms with Gasteiger partial charge in [-0.05, 0) is 31.2 Å². The maximum atomic E-state index is 6.02. The molecule has 0 atom stereocenters. The molecule has 2 heterocycles. The van der Waals surface area contributed by atoms with E-state index in [0.717, 1.165) is 15.6 Å². The molecule has 0 bridgehead atoms. The number of nitrogen functional groups attached to an aromatic ring is 1. The van der Waals surface area contributed by atoms with Crippen molar-refractivity contribution in [3.05, 3.63) is 34.8 Å². The molecule has 0 radical (unpaired) electrons. The molecule has 2 aromatic heterocycles. The molecule has 0 saturated heterocycles. The van der Waals surface area contributed by atoms with Crippen LogP contribution in [-0.2, 0) is 0 Å². The maximum absolute atomic E-state index is 6.02. The molecule has 3 aromatic rings. The Labute approximate surface area is 124 Å². The van der Waals surface area contributed by atoms with Gasteiger partial charge in [-0.3, -0.25) is 0 Å². The van der Waals surface area contributed by atoms with Crippen LogP contribution in [0.2, 0.25) is 0 Å². The van der Waals surface area contributed by atoms with Gasteiger partial charge < -0.3 is 15.5 Å². The number of halogens is 1. The Morgan fingerprint density at radius 1 is 1.25 bits per heavy atom. The quantitative estimate of drug-likeness (QED) is 0.721. The fourth-order valence-electron chi connectivity index (χ4n) is 1.98. The van der Waals surface area contributed by atoms with Gasteiger partial charge in [0, 0.05) is 21.8 Å². The van der Waals surface area contributed by atoms with Crippen molar-refractivity contribution in [3.63, 3.8) is 0 Å². The molecule has 3 N–H and O–H groups in total.